The molecule has 0 radical (unpaired) electrons. The molecule has 1 fully saturated rings. The third-order valence-electron chi connectivity index (χ3n) is 3.26. The molecule has 1 aliphatic heterocycles. The molecule has 0 bridgehead atoms. The molecule has 17 heavy (non-hydrogen) atoms. The van der Waals surface area contributed by atoms with Crippen molar-refractivity contribution in [3.05, 3.63) is 20.8 Å². The maximum Gasteiger partial charge on any atom is 0.186 e. The van der Waals surface area contributed by atoms with Gasteiger partial charge in [0.25, 0.3) is 0 Å². The number of likely N-dealkylation sites (N-methyl/N-ethyl adjacent to an activating group) is 1. The van der Waals surface area contributed by atoms with Crippen LogP contribution in [-0.2, 0) is 0 Å². The maximum atomic E-state index is 12.0. The maximum absolute atomic E-state index is 12.0. The summed E-state index contributed by atoms with van der Waals surface area (Å²) in [4.78, 5) is 17.5. The topological polar surface area (TPSA) is 23.6 Å². The average molecular weight is 317 g/mol. The molecule has 0 N–H and O–H groups in total. The third kappa shape index (κ3) is 3.37. The van der Waals surface area contributed by atoms with E-state index < -0.39 is 0 Å². The van der Waals surface area contributed by atoms with Crippen molar-refractivity contribution in [2.24, 2.45) is 0 Å². The molecule has 0 amide bonds. The lowest BCUT2D eigenvalue weighted by atomic mass is 10.2. The van der Waals surface area contributed by atoms with Gasteiger partial charge < -0.3 is 4.90 Å². The smallest absolute Gasteiger partial charge is 0.186 e. The van der Waals surface area contributed by atoms with Crippen LogP contribution in [0.1, 0.15) is 16.6 Å². The van der Waals surface area contributed by atoms with Gasteiger partial charge in [-0.05, 0) is 42.0 Å². The standard InChI is InChI=1S/C12H17BrN2OS/c1-9-7-15(6-5-14(9)2)8-10(16)11-3-4-12(13)17-11/h3-4,9H,5-8H2,1-2H3. The van der Waals surface area contributed by atoms with Crippen LogP contribution in [-0.4, -0.2) is 54.9 Å². The van der Waals surface area contributed by atoms with E-state index >= 15 is 0 Å². The largest absolute Gasteiger partial charge is 0.301 e. The van der Waals surface area contributed by atoms with Gasteiger partial charge in [-0.1, -0.05) is 0 Å². The van der Waals surface area contributed by atoms with E-state index in [4.69, 9.17) is 0 Å². The van der Waals surface area contributed by atoms with Gasteiger partial charge in [0.1, 0.15) is 0 Å². The van der Waals surface area contributed by atoms with Crippen LogP contribution in [0, 0.1) is 0 Å². The summed E-state index contributed by atoms with van der Waals surface area (Å²) in [6, 6.07) is 4.37. The molecule has 2 rings (SSSR count). The number of halogens is 1. The van der Waals surface area contributed by atoms with Gasteiger partial charge in [-0.2, -0.15) is 0 Å². The SMILES string of the molecule is CC1CN(CC(=O)c2ccc(Br)s2)CCN1C. The number of nitrogens with zero attached hydrogens (tertiary/aromatic N) is 2. The Bertz CT molecular complexity index is 407. The Morgan fingerprint density at radius 2 is 2.29 bits per heavy atom. The Kier molecular flexibility index (Phi) is 4.36. The summed E-state index contributed by atoms with van der Waals surface area (Å²) in [5, 5.41) is 0. The summed E-state index contributed by atoms with van der Waals surface area (Å²) >= 11 is 4.90. The van der Waals surface area contributed by atoms with Crippen LogP contribution >= 0.6 is 27.3 Å². The summed E-state index contributed by atoms with van der Waals surface area (Å²) in [6.07, 6.45) is 0. The number of Topliss-reactive ketones (excluding diaryl/α,β-unsaturated/α-hetero) is 1. The second kappa shape index (κ2) is 5.61. The van der Waals surface area contributed by atoms with E-state index in [2.05, 4.69) is 39.7 Å². The third-order valence-corrected chi connectivity index (χ3v) is 4.92. The zero-order valence-corrected chi connectivity index (χ0v) is 12.6. The van der Waals surface area contributed by atoms with Crippen molar-refractivity contribution in [3.8, 4) is 0 Å². The first-order chi connectivity index (χ1) is 8.06. The Hall–Kier alpha value is -0.230. The molecule has 1 aromatic heterocycles. The molecule has 94 valence electrons. The van der Waals surface area contributed by atoms with Crippen molar-refractivity contribution >= 4 is 33.0 Å². The first-order valence-electron chi connectivity index (χ1n) is 5.77. The van der Waals surface area contributed by atoms with E-state index in [9.17, 15) is 4.79 Å². The van der Waals surface area contributed by atoms with Crippen molar-refractivity contribution < 1.29 is 4.79 Å². The van der Waals surface area contributed by atoms with Crippen molar-refractivity contribution in [3.63, 3.8) is 0 Å². The van der Waals surface area contributed by atoms with Gasteiger partial charge in [0.15, 0.2) is 5.78 Å². The number of carbonyl (C=O) groups is 1. The van der Waals surface area contributed by atoms with Crippen LogP contribution in [0.2, 0.25) is 0 Å². The molecule has 1 saturated heterocycles. The van der Waals surface area contributed by atoms with Crippen molar-refractivity contribution in [1.29, 1.82) is 0 Å². The van der Waals surface area contributed by atoms with Gasteiger partial charge in [0, 0.05) is 25.7 Å². The Labute approximate surface area is 115 Å². The van der Waals surface area contributed by atoms with Crippen LogP contribution in [0.25, 0.3) is 0 Å². The molecule has 1 unspecified atom stereocenters. The number of hydrogen-bond donors (Lipinski definition) is 0. The summed E-state index contributed by atoms with van der Waals surface area (Å²) in [6.45, 7) is 5.76. The fourth-order valence-electron chi connectivity index (χ4n) is 2.01. The second-order valence-corrected chi connectivity index (χ2v) is 7.05. The van der Waals surface area contributed by atoms with E-state index in [-0.39, 0.29) is 5.78 Å². The average Bonchev–Trinajstić information content (AvgIpc) is 2.70. The van der Waals surface area contributed by atoms with E-state index in [1.54, 1.807) is 0 Å². The minimum absolute atomic E-state index is 0.234. The van der Waals surface area contributed by atoms with E-state index in [1.165, 1.54) is 11.3 Å². The van der Waals surface area contributed by atoms with Gasteiger partial charge in [0.05, 0.1) is 15.2 Å². The summed E-state index contributed by atoms with van der Waals surface area (Å²) in [5.41, 5.74) is 0. The zero-order chi connectivity index (χ0) is 12.4. The molecule has 1 aliphatic rings. The van der Waals surface area contributed by atoms with Crippen molar-refractivity contribution in [2.75, 3.05) is 33.2 Å². The molecule has 0 aliphatic carbocycles. The highest BCUT2D eigenvalue weighted by Gasteiger charge is 2.22. The lowest BCUT2D eigenvalue weighted by Crippen LogP contribution is -2.51. The predicted octanol–water partition coefficient (Wildman–Crippen LogP) is 2.33. The second-order valence-electron chi connectivity index (χ2n) is 4.59. The van der Waals surface area contributed by atoms with Crippen LogP contribution in [0.5, 0.6) is 0 Å². The number of thiophene rings is 1. The van der Waals surface area contributed by atoms with Crippen LogP contribution in [0.15, 0.2) is 15.9 Å². The van der Waals surface area contributed by atoms with Gasteiger partial charge in [-0.3, -0.25) is 9.69 Å². The van der Waals surface area contributed by atoms with Crippen LogP contribution in [0.4, 0.5) is 0 Å². The lowest BCUT2D eigenvalue weighted by molar-refractivity contribution is 0.0789. The predicted molar refractivity (Wildman–Crippen MR) is 74.9 cm³/mol. The van der Waals surface area contributed by atoms with Gasteiger partial charge in [-0.15, -0.1) is 11.3 Å². The molecule has 3 nitrogen and oxygen atoms in total. The van der Waals surface area contributed by atoms with Gasteiger partial charge >= 0.3 is 0 Å². The molecule has 0 aromatic carbocycles. The van der Waals surface area contributed by atoms with Crippen molar-refractivity contribution in [1.82, 2.24) is 9.80 Å². The van der Waals surface area contributed by atoms with Gasteiger partial charge in [-0.25, -0.2) is 0 Å². The van der Waals surface area contributed by atoms with Gasteiger partial charge in [0.2, 0.25) is 0 Å². The quantitative estimate of drug-likeness (QED) is 0.800. The summed E-state index contributed by atoms with van der Waals surface area (Å²) < 4.78 is 1.02. The Morgan fingerprint density at radius 3 is 2.88 bits per heavy atom. The normalized spacial score (nSPS) is 22.9. The molecule has 0 saturated carbocycles. The molecule has 0 spiro atoms. The molecular weight excluding hydrogens is 300 g/mol. The first-order valence-corrected chi connectivity index (χ1v) is 7.38. The molecule has 1 atom stereocenters. The van der Waals surface area contributed by atoms with Crippen molar-refractivity contribution in [2.45, 2.75) is 13.0 Å². The van der Waals surface area contributed by atoms with E-state index in [1.807, 2.05) is 12.1 Å². The number of carbonyl (C=O) groups excluding carboxylic acids is 1. The highest BCUT2D eigenvalue weighted by molar-refractivity contribution is 9.11. The molecule has 1 aromatic rings. The Morgan fingerprint density at radius 1 is 1.53 bits per heavy atom. The fraction of sp³-hybridized carbons (Fsp3) is 0.583. The van der Waals surface area contributed by atoms with Crippen LogP contribution in [0.3, 0.4) is 0 Å². The monoisotopic (exact) mass is 316 g/mol. The summed E-state index contributed by atoms with van der Waals surface area (Å²) in [5.74, 6) is 0.234. The molecular formula is C12H17BrN2OS. The van der Waals surface area contributed by atoms with E-state index in [0.29, 0.717) is 12.6 Å². The molecule has 2 heterocycles. The number of hydrogen-bond acceptors (Lipinski definition) is 4. The van der Waals surface area contributed by atoms with Crippen LogP contribution < -0.4 is 0 Å². The first kappa shape index (κ1) is 13.2. The minimum atomic E-state index is 0.234. The fourth-order valence-corrected chi connectivity index (χ4v) is 3.33. The summed E-state index contributed by atoms with van der Waals surface area (Å²) in [7, 11) is 2.14. The zero-order valence-electron chi connectivity index (χ0n) is 10.1. The number of rotatable bonds is 3. The van der Waals surface area contributed by atoms with E-state index in [0.717, 1.165) is 28.3 Å². The highest BCUT2D eigenvalue weighted by Crippen LogP contribution is 2.22. The Balaban J connectivity index is 1.91. The lowest BCUT2D eigenvalue weighted by Gasteiger charge is -2.37. The highest BCUT2D eigenvalue weighted by atomic mass is 79.9. The number of ketones is 1. The molecule has 5 heteroatoms. The number of piperazine rings is 1. The minimum Gasteiger partial charge on any atom is -0.301 e.